The number of ether oxygens (including phenoxy) is 3. The van der Waals surface area contributed by atoms with E-state index in [1.165, 1.54) is 20.1 Å². The average Bonchev–Trinajstić information content (AvgIpc) is 2.58. The second kappa shape index (κ2) is 9.94. The Balaban J connectivity index is 2.70. The molecule has 1 amide bonds. The number of ketones is 1. The third-order valence-corrected chi connectivity index (χ3v) is 3.94. The molecule has 1 rings (SSSR count). The van der Waals surface area contributed by atoms with E-state index in [0.29, 0.717) is 17.1 Å². The number of nitrogens with zero attached hydrogens (tertiary/aromatic N) is 1. The lowest BCUT2D eigenvalue weighted by molar-refractivity contribution is -0.162. The fraction of sp³-hybridized carbons (Fsp3) is 0.550. The second-order valence-electron chi connectivity index (χ2n) is 6.78. The topological polar surface area (TPSA) is 82.1 Å². The van der Waals surface area contributed by atoms with Crippen molar-refractivity contribution in [2.75, 3.05) is 13.7 Å². The van der Waals surface area contributed by atoms with Gasteiger partial charge in [-0.05, 0) is 59.7 Å². The molecule has 0 radical (unpaired) electrons. The van der Waals surface area contributed by atoms with Gasteiger partial charge in [-0.25, -0.2) is 4.79 Å². The van der Waals surface area contributed by atoms with E-state index >= 15 is 0 Å². The van der Waals surface area contributed by atoms with E-state index < -0.39 is 12.1 Å². The van der Waals surface area contributed by atoms with Gasteiger partial charge in [-0.15, -0.1) is 0 Å². The van der Waals surface area contributed by atoms with E-state index in [4.69, 9.17) is 14.2 Å². The highest BCUT2D eigenvalue weighted by atomic mass is 16.6. The van der Waals surface area contributed by atoms with Crippen molar-refractivity contribution in [2.45, 2.75) is 59.7 Å². The lowest BCUT2D eigenvalue weighted by Crippen LogP contribution is -2.47. The monoisotopic (exact) mass is 379 g/mol. The molecule has 7 nitrogen and oxygen atoms in total. The molecule has 1 aromatic rings. The molecule has 27 heavy (non-hydrogen) atoms. The molecule has 150 valence electrons. The Labute approximate surface area is 160 Å². The highest BCUT2D eigenvalue weighted by molar-refractivity contribution is 5.94. The number of carbonyl (C=O) groups excluding carboxylic acids is 3. The van der Waals surface area contributed by atoms with Crippen LogP contribution in [0.2, 0.25) is 0 Å². The van der Waals surface area contributed by atoms with Gasteiger partial charge in [0.25, 0.3) is 5.91 Å². The molecule has 0 saturated carbocycles. The van der Waals surface area contributed by atoms with Crippen molar-refractivity contribution in [3.63, 3.8) is 0 Å². The number of methoxy groups -OCH3 is 1. The van der Waals surface area contributed by atoms with Crippen LogP contribution in [-0.4, -0.2) is 54.5 Å². The molecule has 0 aliphatic heterocycles. The predicted octanol–water partition coefficient (Wildman–Crippen LogP) is 2.85. The van der Waals surface area contributed by atoms with Gasteiger partial charge in [0.15, 0.2) is 30.0 Å². The van der Waals surface area contributed by atoms with Crippen LogP contribution in [0.1, 0.15) is 51.9 Å². The maximum absolute atomic E-state index is 12.5. The van der Waals surface area contributed by atoms with Gasteiger partial charge < -0.3 is 19.1 Å². The van der Waals surface area contributed by atoms with Crippen molar-refractivity contribution in [1.82, 2.24) is 4.90 Å². The van der Waals surface area contributed by atoms with Gasteiger partial charge in [0.05, 0.1) is 7.11 Å². The van der Waals surface area contributed by atoms with Crippen LogP contribution >= 0.6 is 0 Å². The molecule has 7 heteroatoms. The summed E-state index contributed by atoms with van der Waals surface area (Å²) in [4.78, 5) is 37.6. The number of rotatable bonds is 9. The van der Waals surface area contributed by atoms with Gasteiger partial charge in [0.2, 0.25) is 0 Å². The Morgan fingerprint density at radius 1 is 1.00 bits per heavy atom. The highest BCUT2D eigenvalue weighted by Crippen LogP contribution is 2.28. The number of hydrogen-bond acceptors (Lipinski definition) is 6. The van der Waals surface area contributed by atoms with E-state index in [0.717, 1.165) is 0 Å². The van der Waals surface area contributed by atoms with E-state index in [2.05, 4.69) is 0 Å². The minimum Gasteiger partial charge on any atom is -0.493 e. The first kappa shape index (κ1) is 22.5. The van der Waals surface area contributed by atoms with Crippen LogP contribution in [0.15, 0.2) is 18.2 Å². The van der Waals surface area contributed by atoms with E-state index in [1.54, 1.807) is 24.0 Å². The quantitative estimate of drug-likeness (QED) is 0.485. The maximum Gasteiger partial charge on any atom is 0.344 e. The fourth-order valence-electron chi connectivity index (χ4n) is 2.74. The number of esters is 1. The lowest BCUT2D eigenvalue weighted by atomic mass is 10.1. The molecule has 0 aliphatic rings. The van der Waals surface area contributed by atoms with Crippen LogP contribution in [0.5, 0.6) is 11.5 Å². The molecular weight excluding hydrogens is 350 g/mol. The van der Waals surface area contributed by atoms with Gasteiger partial charge >= 0.3 is 5.97 Å². The van der Waals surface area contributed by atoms with Crippen LogP contribution in [-0.2, 0) is 14.3 Å². The van der Waals surface area contributed by atoms with Gasteiger partial charge in [-0.2, -0.15) is 0 Å². The number of amides is 1. The summed E-state index contributed by atoms with van der Waals surface area (Å²) < 4.78 is 15.8. The molecule has 0 fully saturated rings. The standard InChI is InChI=1S/C20H29NO6/c1-12(2)21(13(3)4)20(24)15(6)27-19(23)11-26-17-9-8-16(14(5)22)10-18(17)25-7/h8-10,12-13,15H,11H2,1-7H3/t15-/m0/s1. The summed E-state index contributed by atoms with van der Waals surface area (Å²) in [5.41, 5.74) is 0.475. The number of hydrogen-bond donors (Lipinski definition) is 0. The molecule has 0 spiro atoms. The number of Topliss-reactive ketones (excluding diaryl/α,β-unsaturated/α-hetero) is 1. The minimum absolute atomic E-state index is 0.000969. The predicted molar refractivity (Wildman–Crippen MR) is 101 cm³/mol. The van der Waals surface area contributed by atoms with E-state index in [1.807, 2.05) is 27.7 Å². The smallest absolute Gasteiger partial charge is 0.344 e. The third kappa shape index (κ3) is 6.27. The Morgan fingerprint density at radius 3 is 2.07 bits per heavy atom. The van der Waals surface area contributed by atoms with Crippen molar-refractivity contribution < 1.29 is 28.6 Å². The molecular formula is C20H29NO6. The van der Waals surface area contributed by atoms with Crippen LogP contribution in [0.25, 0.3) is 0 Å². The number of carbonyl (C=O) groups is 3. The Kier molecular flexibility index (Phi) is 8.28. The molecule has 0 unspecified atom stereocenters. The first-order chi connectivity index (χ1) is 12.6. The molecule has 0 aliphatic carbocycles. The van der Waals surface area contributed by atoms with Gasteiger partial charge in [0, 0.05) is 17.6 Å². The molecule has 0 N–H and O–H groups in total. The second-order valence-corrected chi connectivity index (χ2v) is 6.78. The summed E-state index contributed by atoms with van der Waals surface area (Å²) in [7, 11) is 1.44. The molecule has 1 aromatic carbocycles. The Bertz CT molecular complexity index is 675. The minimum atomic E-state index is -0.909. The van der Waals surface area contributed by atoms with Crippen LogP contribution < -0.4 is 9.47 Å². The van der Waals surface area contributed by atoms with E-state index in [-0.39, 0.29) is 30.4 Å². The third-order valence-electron chi connectivity index (χ3n) is 3.94. The Hall–Kier alpha value is -2.57. The lowest BCUT2D eigenvalue weighted by Gasteiger charge is -2.32. The zero-order chi connectivity index (χ0) is 20.7. The highest BCUT2D eigenvalue weighted by Gasteiger charge is 2.27. The summed E-state index contributed by atoms with van der Waals surface area (Å²) in [6, 6.07) is 4.67. The van der Waals surface area contributed by atoms with Gasteiger partial charge in [0.1, 0.15) is 0 Å². The normalized spacial score (nSPS) is 11.9. The zero-order valence-corrected chi connectivity index (χ0v) is 17.1. The van der Waals surface area contributed by atoms with Gasteiger partial charge in [-0.3, -0.25) is 9.59 Å². The molecule has 0 bridgehead atoms. The maximum atomic E-state index is 12.5. The average molecular weight is 379 g/mol. The van der Waals surface area contributed by atoms with Crippen molar-refractivity contribution in [3.05, 3.63) is 23.8 Å². The molecule has 0 aromatic heterocycles. The Morgan fingerprint density at radius 2 is 1.59 bits per heavy atom. The number of benzene rings is 1. The van der Waals surface area contributed by atoms with E-state index in [9.17, 15) is 14.4 Å². The SMILES string of the molecule is COc1cc(C(C)=O)ccc1OCC(=O)O[C@@H](C)C(=O)N(C(C)C)C(C)C. The van der Waals surface area contributed by atoms with Crippen LogP contribution in [0.4, 0.5) is 0 Å². The van der Waals surface area contributed by atoms with Crippen LogP contribution in [0.3, 0.4) is 0 Å². The summed E-state index contributed by atoms with van der Waals surface area (Å²) in [5, 5.41) is 0. The van der Waals surface area contributed by atoms with Crippen LogP contribution in [0, 0.1) is 0 Å². The summed E-state index contributed by atoms with van der Waals surface area (Å²) in [5.74, 6) is -0.376. The largest absolute Gasteiger partial charge is 0.493 e. The summed E-state index contributed by atoms with van der Waals surface area (Å²) >= 11 is 0. The zero-order valence-electron chi connectivity index (χ0n) is 17.1. The first-order valence-corrected chi connectivity index (χ1v) is 8.91. The molecule has 0 heterocycles. The van der Waals surface area contributed by atoms with Crippen molar-refractivity contribution >= 4 is 17.7 Å². The summed E-state index contributed by atoms with van der Waals surface area (Å²) in [6.45, 7) is 10.2. The molecule has 1 atom stereocenters. The van der Waals surface area contributed by atoms with Crippen molar-refractivity contribution in [1.29, 1.82) is 0 Å². The summed E-state index contributed by atoms with van der Waals surface area (Å²) in [6.07, 6.45) is -0.909. The van der Waals surface area contributed by atoms with Crippen molar-refractivity contribution in [3.8, 4) is 11.5 Å². The van der Waals surface area contributed by atoms with Gasteiger partial charge in [-0.1, -0.05) is 0 Å². The molecule has 0 saturated heterocycles. The van der Waals surface area contributed by atoms with Crippen molar-refractivity contribution in [2.24, 2.45) is 0 Å². The first-order valence-electron chi connectivity index (χ1n) is 8.91. The fourth-order valence-corrected chi connectivity index (χ4v) is 2.74.